The van der Waals surface area contributed by atoms with Crippen LogP contribution in [-0.4, -0.2) is 38.4 Å². The lowest BCUT2D eigenvalue weighted by atomic mass is 10.2. The Morgan fingerprint density at radius 2 is 2.05 bits per heavy atom. The van der Waals surface area contributed by atoms with Crippen molar-refractivity contribution in [2.75, 3.05) is 23.4 Å². The third-order valence-corrected chi connectivity index (χ3v) is 5.01. The summed E-state index contributed by atoms with van der Waals surface area (Å²) < 4.78 is 60.2. The Morgan fingerprint density at radius 1 is 1.32 bits per heavy atom. The van der Waals surface area contributed by atoms with Crippen molar-refractivity contribution in [1.29, 1.82) is 0 Å². The molecule has 9 heteroatoms. The van der Waals surface area contributed by atoms with Gasteiger partial charge in [-0.05, 0) is 24.6 Å². The summed E-state index contributed by atoms with van der Waals surface area (Å²) in [4.78, 5) is 11.7. The second-order valence-electron chi connectivity index (χ2n) is 5.10. The number of carbonyl (C=O) groups is 1. The van der Waals surface area contributed by atoms with E-state index < -0.39 is 33.5 Å². The van der Waals surface area contributed by atoms with E-state index in [1.54, 1.807) is 0 Å². The van der Waals surface area contributed by atoms with Gasteiger partial charge in [-0.25, -0.2) is 8.42 Å². The molecule has 2 rings (SSSR count). The molecule has 0 aromatic heterocycles. The monoisotopic (exact) mass is 336 g/mol. The van der Waals surface area contributed by atoms with Crippen LogP contribution in [0.4, 0.5) is 18.9 Å². The van der Waals surface area contributed by atoms with Gasteiger partial charge in [0.1, 0.15) is 0 Å². The maximum atomic E-state index is 12.5. The first-order chi connectivity index (χ1) is 10.2. The maximum absolute atomic E-state index is 12.5. The summed E-state index contributed by atoms with van der Waals surface area (Å²) in [5.74, 6) is -0.513. The van der Waals surface area contributed by atoms with Gasteiger partial charge < -0.3 is 10.6 Å². The molecule has 1 amide bonds. The van der Waals surface area contributed by atoms with Crippen molar-refractivity contribution in [1.82, 2.24) is 5.32 Å². The molecule has 1 atom stereocenters. The largest absolute Gasteiger partial charge is 0.416 e. The van der Waals surface area contributed by atoms with Gasteiger partial charge in [-0.2, -0.15) is 13.2 Å². The number of sulfone groups is 1. The van der Waals surface area contributed by atoms with Crippen LogP contribution in [0.25, 0.3) is 0 Å². The molecular weight excluding hydrogens is 321 g/mol. The first-order valence-electron chi connectivity index (χ1n) is 6.57. The molecule has 1 heterocycles. The molecule has 1 unspecified atom stereocenters. The fourth-order valence-corrected chi connectivity index (χ4v) is 3.85. The highest BCUT2D eigenvalue weighted by Crippen LogP contribution is 2.30. The quantitative estimate of drug-likeness (QED) is 0.872. The Bertz CT molecular complexity index is 659. The highest BCUT2D eigenvalue weighted by Gasteiger charge is 2.30. The molecule has 0 radical (unpaired) electrons. The second-order valence-corrected chi connectivity index (χ2v) is 7.33. The molecule has 2 N–H and O–H groups in total. The minimum Gasteiger partial charge on any atom is -0.376 e. The van der Waals surface area contributed by atoms with Crippen molar-refractivity contribution in [3.05, 3.63) is 29.8 Å². The summed E-state index contributed by atoms with van der Waals surface area (Å²) in [6.07, 6.45) is -4.09. The molecule has 0 aliphatic carbocycles. The summed E-state index contributed by atoms with van der Waals surface area (Å²) in [5, 5.41) is 5.14. The van der Waals surface area contributed by atoms with Gasteiger partial charge in [-0.3, -0.25) is 4.79 Å². The highest BCUT2D eigenvalue weighted by molar-refractivity contribution is 7.91. The van der Waals surface area contributed by atoms with E-state index in [2.05, 4.69) is 10.6 Å². The molecule has 122 valence electrons. The van der Waals surface area contributed by atoms with Gasteiger partial charge in [0.2, 0.25) is 5.91 Å². The second kappa shape index (κ2) is 6.15. The summed E-state index contributed by atoms with van der Waals surface area (Å²) in [6.45, 7) is -0.224. The van der Waals surface area contributed by atoms with E-state index >= 15 is 0 Å². The molecule has 1 aromatic rings. The third-order valence-electron chi connectivity index (χ3n) is 3.24. The molecule has 1 aliphatic heterocycles. The molecule has 1 aliphatic rings. The Hall–Kier alpha value is -1.77. The summed E-state index contributed by atoms with van der Waals surface area (Å²) in [6, 6.07) is 4.08. The number of rotatable bonds is 4. The molecule has 5 nitrogen and oxygen atoms in total. The van der Waals surface area contributed by atoms with Crippen molar-refractivity contribution in [3.63, 3.8) is 0 Å². The summed E-state index contributed by atoms with van der Waals surface area (Å²) in [5.41, 5.74) is -0.635. The number of benzene rings is 1. The van der Waals surface area contributed by atoms with Crippen molar-refractivity contribution >= 4 is 21.4 Å². The molecule has 1 fully saturated rings. The number of amides is 1. The van der Waals surface area contributed by atoms with E-state index in [0.717, 1.165) is 12.1 Å². The van der Waals surface area contributed by atoms with Gasteiger partial charge in [0.15, 0.2) is 9.84 Å². The number of hydrogen-bond acceptors (Lipinski definition) is 4. The van der Waals surface area contributed by atoms with E-state index in [4.69, 9.17) is 0 Å². The number of hydrogen-bond donors (Lipinski definition) is 2. The van der Waals surface area contributed by atoms with Crippen LogP contribution in [0.1, 0.15) is 12.0 Å². The van der Waals surface area contributed by atoms with Crippen LogP contribution in [0.3, 0.4) is 0 Å². The van der Waals surface area contributed by atoms with Crippen molar-refractivity contribution < 1.29 is 26.4 Å². The van der Waals surface area contributed by atoms with E-state index in [-0.39, 0.29) is 23.7 Å². The van der Waals surface area contributed by atoms with Gasteiger partial charge >= 0.3 is 6.18 Å². The Kier molecular flexibility index (Phi) is 4.64. The highest BCUT2D eigenvalue weighted by atomic mass is 32.2. The Balaban J connectivity index is 1.87. The zero-order chi connectivity index (χ0) is 16.4. The zero-order valence-electron chi connectivity index (χ0n) is 11.5. The van der Waals surface area contributed by atoms with E-state index in [0.29, 0.717) is 6.42 Å². The molecule has 1 saturated heterocycles. The standard InChI is InChI=1S/C13H15F3N2O3S/c14-13(15,16)9-2-1-3-10(6-9)17-7-12(19)18-11-4-5-22(20,21)8-11/h1-3,6,11,17H,4-5,7-8H2,(H,18,19). The van der Waals surface area contributed by atoms with Crippen LogP contribution in [0.15, 0.2) is 24.3 Å². The minimum atomic E-state index is -4.45. The zero-order valence-corrected chi connectivity index (χ0v) is 12.3. The average molecular weight is 336 g/mol. The number of carbonyl (C=O) groups excluding carboxylic acids is 1. The molecular formula is C13H15F3N2O3S. The van der Waals surface area contributed by atoms with Gasteiger partial charge in [0.05, 0.1) is 23.6 Å². The van der Waals surface area contributed by atoms with Crippen LogP contribution < -0.4 is 10.6 Å². The summed E-state index contributed by atoms with van der Waals surface area (Å²) >= 11 is 0. The number of anilines is 1. The third kappa shape index (κ3) is 4.62. The van der Waals surface area contributed by atoms with Gasteiger partial charge in [0, 0.05) is 11.7 Å². The Labute approximate surface area is 125 Å². The molecule has 0 saturated carbocycles. The Morgan fingerprint density at radius 3 is 2.64 bits per heavy atom. The molecule has 0 spiro atoms. The minimum absolute atomic E-state index is 0.0407. The van der Waals surface area contributed by atoms with Crippen molar-refractivity contribution in [2.45, 2.75) is 18.6 Å². The SMILES string of the molecule is O=C(CNc1cccc(C(F)(F)F)c1)NC1CCS(=O)(=O)C1. The lowest BCUT2D eigenvalue weighted by Crippen LogP contribution is -2.39. The normalized spacial score (nSPS) is 20.6. The first-order valence-corrected chi connectivity index (χ1v) is 8.39. The lowest BCUT2D eigenvalue weighted by molar-refractivity contribution is -0.137. The number of alkyl halides is 3. The predicted octanol–water partition coefficient (Wildman–Crippen LogP) is 1.42. The fraction of sp³-hybridized carbons (Fsp3) is 0.462. The molecule has 0 bridgehead atoms. The maximum Gasteiger partial charge on any atom is 0.416 e. The van der Waals surface area contributed by atoms with Crippen LogP contribution in [0, 0.1) is 0 Å². The molecule has 22 heavy (non-hydrogen) atoms. The predicted molar refractivity (Wildman–Crippen MR) is 75.1 cm³/mol. The van der Waals surface area contributed by atoms with E-state index in [9.17, 15) is 26.4 Å². The first kappa shape index (κ1) is 16.6. The molecule has 1 aromatic carbocycles. The number of halogens is 3. The van der Waals surface area contributed by atoms with Gasteiger partial charge in [-0.15, -0.1) is 0 Å². The van der Waals surface area contributed by atoms with Crippen LogP contribution >= 0.6 is 0 Å². The summed E-state index contributed by atoms with van der Waals surface area (Å²) in [7, 11) is -3.09. The van der Waals surface area contributed by atoms with Crippen LogP contribution in [-0.2, 0) is 20.8 Å². The van der Waals surface area contributed by atoms with E-state index in [1.807, 2.05) is 0 Å². The van der Waals surface area contributed by atoms with Crippen molar-refractivity contribution in [3.8, 4) is 0 Å². The van der Waals surface area contributed by atoms with Crippen LogP contribution in [0.2, 0.25) is 0 Å². The fourth-order valence-electron chi connectivity index (χ4n) is 2.18. The van der Waals surface area contributed by atoms with Gasteiger partial charge in [0.25, 0.3) is 0 Å². The van der Waals surface area contributed by atoms with E-state index in [1.165, 1.54) is 12.1 Å². The van der Waals surface area contributed by atoms with Gasteiger partial charge in [-0.1, -0.05) is 6.07 Å². The lowest BCUT2D eigenvalue weighted by Gasteiger charge is -2.13. The smallest absolute Gasteiger partial charge is 0.376 e. The topological polar surface area (TPSA) is 75.3 Å². The average Bonchev–Trinajstić information content (AvgIpc) is 2.75. The number of nitrogens with one attached hydrogen (secondary N) is 2. The van der Waals surface area contributed by atoms with Crippen LogP contribution in [0.5, 0.6) is 0 Å². The van der Waals surface area contributed by atoms with Crippen molar-refractivity contribution in [2.24, 2.45) is 0 Å².